The van der Waals surface area contributed by atoms with Crippen LogP contribution in [0.5, 0.6) is 0 Å². The predicted octanol–water partition coefficient (Wildman–Crippen LogP) is 2.33. The lowest BCUT2D eigenvalue weighted by Gasteiger charge is -2.01. The van der Waals surface area contributed by atoms with Crippen molar-refractivity contribution in [2.45, 2.75) is 33.1 Å². The Labute approximate surface area is 69.7 Å². The van der Waals surface area contributed by atoms with Gasteiger partial charge in [0.25, 0.3) is 0 Å². The lowest BCUT2D eigenvalue weighted by Crippen LogP contribution is -1.97. The molecule has 1 rings (SSSR count). The van der Waals surface area contributed by atoms with E-state index in [4.69, 9.17) is 5.73 Å². The summed E-state index contributed by atoms with van der Waals surface area (Å²) in [4.78, 5) is 0. The van der Waals surface area contributed by atoms with Gasteiger partial charge in [-0.1, -0.05) is 25.5 Å². The zero-order valence-corrected chi connectivity index (χ0v) is 7.64. The molecular formula is C10H19N. The topological polar surface area (TPSA) is 26.0 Å². The number of rotatable bonds is 4. The summed E-state index contributed by atoms with van der Waals surface area (Å²) in [5.41, 5.74) is 7.08. The van der Waals surface area contributed by atoms with Crippen LogP contribution in [0.25, 0.3) is 0 Å². The molecule has 0 bridgehead atoms. The summed E-state index contributed by atoms with van der Waals surface area (Å²) in [6.45, 7) is 5.37. The molecule has 0 aromatic rings. The van der Waals surface area contributed by atoms with Crippen LogP contribution in [-0.2, 0) is 0 Å². The molecule has 1 fully saturated rings. The van der Waals surface area contributed by atoms with Gasteiger partial charge in [0, 0.05) is 0 Å². The molecule has 0 heterocycles. The molecule has 2 N–H and O–H groups in total. The van der Waals surface area contributed by atoms with Crippen LogP contribution in [0.2, 0.25) is 0 Å². The zero-order chi connectivity index (χ0) is 8.27. The van der Waals surface area contributed by atoms with E-state index in [2.05, 4.69) is 19.9 Å². The first kappa shape index (κ1) is 8.79. The maximum Gasteiger partial charge on any atom is -0.00425 e. The molecule has 0 saturated heterocycles. The van der Waals surface area contributed by atoms with Crippen LogP contribution >= 0.6 is 0 Å². The minimum absolute atomic E-state index is 0.796. The maximum absolute atomic E-state index is 5.44. The Morgan fingerprint density at radius 3 is 2.64 bits per heavy atom. The Morgan fingerprint density at radius 2 is 2.27 bits per heavy atom. The molecule has 0 aromatic carbocycles. The van der Waals surface area contributed by atoms with Crippen molar-refractivity contribution in [2.24, 2.45) is 17.6 Å². The average molecular weight is 153 g/mol. The third-order valence-corrected chi connectivity index (χ3v) is 2.57. The molecule has 0 radical (unpaired) electrons. The van der Waals surface area contributed by atoms with Crippen LogP contribution in [0.15, 0.2) is 11.6 Å². The van der Waals surface area contributed by atoms with Crippen LogP contribution in [0.3, 0.4) is 0 Å². The highest BCUT2D eigenvalue weighted by atomic mass is 14.5. The fourth-order valence-corrected chi connectivity index (χ4v) is 1.67. The second kappa shape index (κ2) is 3.91. The van der Waals surface area contributed by atoms with Crippen LogP contribution < -0.4 is 5.73 Å². The summed E-state index contributed by atoms with van der Waals surface area (Å²) < 4.78 is 0. The van der Waals surface area contributed by atoms with E-state index in [1.807, 2.05) is 0 Å². The molecule has 1 nitrogen and oxygen atoms in total. The predicted molar refractivity (Wildman–Crippen MR) is 49.3 cm³/mol. The van der Waals surface area contributed by atoms with Crippen molar-refractivity contribution >= 4 is 0 Å². The Bertz CT molecular complexity index is 149. The van der Waals surface area contributed by atoms with Gasteiger partial charge in [-0.05, 0) is 37.6 Å². The van der Waals surface area contributed by atoms with Crippen LogP contribution in [0, 0.1) is 11.8 Å². The van der Waals surface area contributed by atoms with Crippen LogP contribution in [0.4, 0.5) is 0 Å². The molecule has 64 valence electrons. The minimum atomic E-state index is 0.796. The van der Waals surface area contributed by atoms with Gasteiger partial charge in [-0.3, -0.25) is 0 Å². The highest BCUT2D eigenvalue weighted by molar-refractivity contribution is 5.14. The van der Waals surface area contributed by atoms with E-state index >= 15 is 0 Å². The smallest absolute Gasteiger partial charge is 0.00425 e. The van der Waals surface area contributed by atoms with Crippen molar-refractivity contribution in [2.75, 3.05) is 6.54 Å². The fraction of sp³-hybridized carbons (Fsp3) is 0.800. The van der Waals surface area contributed by atoms with Gasteiger partial charge in [0.2, 0.25) is 0 Å². The minimum Gasteiger partial charge on any atom is -0.330 e. The van der Waals surface area contributed by atoms with E-state index < -0.39 is 0 Å². The molecule has 1 aliphatic rings. The molecule has 1 aliphatic carbocycles. The molecule has 2 unspecified atom stereocenters. The van der Waals surface area contributed by atoms with E-state index in [9.17, 15) is 0 Å². The van der Waals surface area contributed by atoms with Crippen molar-refractivity contribution in [1.82, 2.24) is 0 Å². The first-order valence-corrected chi connectivity index (χ1v) is 4.68. The van der Waals surface area contributed by atoms with Crippen molar-refractivity contribution in [3.63, 3.8) is 0 Å². The molecule has 0 aliphatic heterocycles. The molecule has 2 atom stereocenters. The summed E-state index contributed by atoms with van der Waals surface area (Å²) in [6.07, 6.45) is 6.03. The first-order chi connectivity index (χ1) is 5.29. The van der Waals surface area contributed by atoms with E-state index in [-0.39, 0.29) is 0 Å². The third-order valence-electron chi connectivity index (χ3n) is 2.57. The Morgan fingerprint density at radius 1 is 1.64 bits per heavy atom. The van der Waals surface area contributed by atoms with Gasteiger partial charge < -0.3 is 5.73 Å². The summed E-state index contributed by atoms with van der Waals surface area (Å²) in [5.74, 6) is 1.85. The number of allylic oxidation sites excluding steroid dienone is 1. The van der Waals surface area contributed by atoms with Crippen molar-refractivity contribution < 1.29 is 0 Å². The van der Waals surface area contributed by atoms with E-state index in [1.165, 1.54) is 12.8 Å². The first-order valence-electron chi connectivity index (χ1n) is 4.68. The SMILES string of the molecule is CC/C(=C\CCN)C1CC1C. The Kier molecular flexibility index (Phi) is 3.13. The fourth-order valence-electron chi connectivity index (χ4n) is 1.67. The second-order valence-corrected chi connectivity index (χ2v) is 3.53. The van der Waals surface area contributed by atoms with Crippen LogP contribution in [0.1, 0.15) is 33.1 Å². The van der Waals surface area contributed by atoms with Gasteiger partial charge in [-0.15, -0.1) is 0 Å². The molecule has 11 heavy (non-hydrogen) atoms. The number of hydrogen-bond donors (Lipinski definition) is 1. The lowest BCUT2D eigenvalue weighted by molar-refractivity contribution is 0.804. The Hall–Kier alpha value is -0.300. The van der Waals surface area contributed by atoms with Crippen molar-refractivity contribution in [1.29, 1.82) is 0 Å². The normalized spacial score (nSPS) is 30.6. The second-order valence-electron chi connectivity index (χ2n) is 3.53. The highest BCUT2D eigenvalue weighted by Gasteiger charge is 2.34. The maximum atomic E-state index is 5.44. The van der Waals surface area contributed by atoms with Gasteiger partial charge >= 0.3 is 0 Å². The molecule has 0 amide bonds. The largest absolute Gasteiger partial charge is 0.330 e. The quantitative estimate of drug-likeness (QED) is 0.616. The third kappa shape index (κ3) is 2.33. The van der Waals surface area contributed by atoms with Crippen molar-refractivity contribution in [3.8, 4) is 0 Å². The molecular weight excluding hydrogens is 134 g/mol. The molecule has 1 saturated carbocycles. The lowest BCUT2D eigenvalue weighted by atomic mass is 10.1. The average Bonchev–Trinajstić information content (AvgIpc) is 2.69. The summed E-state index contributed by atoms with van der Waals surface area (Å²) >= 11 is 0. The van der Waals surface area contributed by atoms with Gasteiger partial charge in [0.1, 0.15) is 0 Å². The van der Waals surface area contributed by atoms with E-state index in [0.29, 0.717) is 0 Å². The monoisotopic (exact) mass is 153 g/mol. The van der Waals surface area contributed by atoms with Crippen molar-refractivity contribution in [3.05, 3.63) is 11.6 Å². The molecule has 0 aromatic heterocycles. The standard InChI is InChI=1S/C10H19N/c1-3-9(5-4-6-11)10-7-8(10)2/h5,8,10H,3-4,6-7,11H2,1-2H3/b9-5+. The summed E-state index contributed by atoms with van der Waals surface area (Å²) in [6, 6.07) is 0. The number of nitrogens with two attached hydrogens (primary N) is 1. The highest BCUT2D eigenvalue weighted by Crippen LogP contribution is 2.44. The molecule has 1 heteroatoms. The van der Waals surface area contributed by atoms with E-state index in [0.717, 1.165) is 24.8 Å². The summed E-state index contributed by atoms with van der Waals surface area (Å²) in [7, 11) is 0. The van der Waals surface area contributed by atoms with E-state index in [1.54, 1.807) is 5.57 Å². The van der Waals surface area contributed by atoms with Gasteiger partial charge in [0.15, 0.2) is 0 Å². The molecule has 0 spiro atoms. The summed E-state index contributed by atoms with van der Waals surface area (Å²) in [5, 5.41) is 0. The van der Waals surface area contributed by atoms with Gasteiger partial charge in [0.05, 0.1) is 0 Å². The number of hydrogen-bond acceptors (Lipinski definition) is 1. The zero-order valence-electron chi connectivity index (χ0n) is 7.64. The van der Waals surface area contributed by atoms with Crippen LogP contribution in [-0.4, -0.2) is 6.54 Å². The Balaban J connectivity index is 2.36. The van der Waals surface area contributed by atoms with Gasteiger partial charge in [-0.2, -0.15) is 0 Å². The van der Waals surface area contributed by atoms with Gasteiger partial charge in [-0.25, -0.2) is 0 Å².